The van der Waals surface area contributed by atoms with Crippen molar-refractivity contribution in [3.05, 3.63) is 71.8 Å². The van der Waals surface area contributed by atoms with E-state index in [0.717, 1.165) is 0 Å². The van der Waals surface area contributed by atoms with Crippen LogP contribution in [0.1, 0.15) is 27.6 Å². The first-order valence-corrected chi connectivity index (χ1v) is 6.13. The van der Waals surface area contributed by atoms with Gasteiger partial charge in [0.1, 0.15) is 0 Å². The molecule has 0 fully saturated rings. The first-order chi connectivity index (χ1) is 9.18. The van der Waals surface area contributed by atoms with Gasteiger partial charge in [0.05, 0.1) is 6.04 Å². The molecule has 1 N–H and O–H groups in total. The van der Waals surface area contributed by atoms with Crippen LogP contribution in [0, 0.1) is 0 Å². The van der Waals surface area contributed by atoms with E-state index < -0.39 is 6.04 Å². The molecule has 0 saturated carbocycles. The summed E-state index contributed by atoms with van der Waals surface area (Å²) in [7, 11) is 0. The van der Waals surface area contributed by atoms with Crippen LogP contribution in [-0.2, 0) is 0 Å². The molecule has 1 amide bonds. The summed E-state index contributed by atoms with van der Waals surface area (Å²) in [5, 5.41) is 2.71. The third-order valence-corrected chi connectivity index (χ3v) is 2.84. The summed E-state index contributed by atoms with van der Waals surface area (Å²) in [6.07, 6.45) is 0. The van der Waals surface area contributed by atoms with Gasteiger partial charge >= 0.3 is 0 Å². The smallest absolute Gasteiger partial charge is 0.251 e. The monoisotopic (exact) mass is 255 g/mol. The van der Waals surface area contributed by atoms with Crippen molar-refractivity contribution in [2.75, 3.05) is 0 Å². The van der Waals surface area contributed by atoms with Crippen LogP contribution in [0.15, 0.2) is 60.7 Å². The molecule has 3 heteroatoms. The van der Waals surface area contributed by atoms with Crippen LogP contribution in [0.5, 0.6) is 0 Å². The highest BCUT2D eigenvalue weighted by Crippen LogP contribution is 2.05. The second-order valence-corrected chi connectivity index (χ2v) is 4.29. The van der Waals surface area contributed by atoms with Crippen LogP contribution >= 0.6 is 0 Å². The average molecular weight is 255 g/mol. The Morgan fingerprint density at radius 1 is 0.947 bits per heavy atom. The van der Waals surface area contributed by atoms with E-state index in [1.165, 1.54) is 0 Å². The highest BCUT2D eigenvalue weighted by molar-refractivity contribution is 6.04. The van der Waals surface area contributed by atoms with Crippen LogP contribution < -0.4 is 5.32 Å². The SMILES string of the molecule is CC(NC(=[18O])c1ccccc1)C(=O)c1ccccc1. The van der Waals surface area contributed by atoms with Gasteiger partial charge in [0.25, 0.3) is 5.91 Å². The summed E-state index contributed by atoms with van der Waals surface area (Å²) < 4.78 is 0. The van der Waals surface area contributed by atoms with Crippen molar-refractivity contribution in [3.8, 4) is 0 Å². The van der Waals surface area contributed by atoms with Gasteiger partial charge in [0, 0.05) is 11.1 Å². The predicted molar refractivity (Wildman–Crippen MR) is 74.1 cm³/mol. The molecule has 0 spiro atoms. The molecule has 19 heavy (non-hydrogen) atoms. The molecule has 2 rings (SSSR count). The molecule has 3 nitrogen and oxygen atoms in total. The van der Waals surface area contributed by atoms with Gasteiger partial charge in [0.15, 0.2) is 5.78 Å². The normalized spacial score (nSPS) is 11.6. The molecule has 0 bridgehead atoms. The maximum Gasteiger partial charge on any atom is 0.251 e. The van der Waals surface area contributed by atoms with E-state index in [-0.39, 0.29) is 11.7 Å². The Morgan fingerprint density at radius 3 is 1.95 bits per heavy atom. The van der Waals surface area contributed by atoms with Gasteiger partial charge in [-0.3, -0.25) is 9.59 Å². The highest BCUT2D eigenvalue weighted by atomic mass is 18.1. The van der Waals surface area contributed by atoms with Gasteiger partial charge in [-0.2, -0.15) is 0 Å². The minimum atomic E-state index is -0.546. The second-order valence-electron chi connectivity index (χ2n) is 4.29. The maximum atomic E-state index is 12.1. The van der Waals surface area contributed by atoms with Crippen molar-refractivity contribution in [1.29, 1.82) is 0 Å². The lowest BCUT2D eigenvalue weighted by molar-refractivity contribution is 0.0865. The molecule has 2 aromatic rings. The molecule has 1 unspecified atom stereocenters. The van der Waals surface area contributed by atoms with E-state index in [1.807, 2.05) is 12.1 Å². The summed E-state index contributed by atoms with van der Waals surface area (Å²) in [6.45, 7) is 1.69. The molecular formula is C16H15NO2. The fourth-order valence-electron chi connectivity index (χ4n) is 1.79. The molecule has 0 aliphatic carbocycles. The third kappa shape index (κ3) is 3.28. The van der Waals surface area contributed by atoms with Crippen LogP contribution in [0.2, 0.25) is 0 Å². The van der Waals surface area contributed by atoms with Gasteiger partial charge in [-0.1, -0.05) is 48.5 Å². The number of benzene rings is 2. The number of nitrogens with one attached hydrogen (secondary N) is 1. The van der Waals surface area contributed by atoms with Crippen molar-refractivity contribution in [2.45, 2.75) is 13.0 Å². The molecule has 2 aromatic carbocycles. The lowest BCUT2D eigenvalue weighted by Crippen LogP contribution is -2.38. The van der Waals surface area contributed by atoms with E-state index >= 15 is 0 Å². The molecule has 0 heterocycles. The number of ketones is 1. The summed E-state index contributed by atoms with van der Waals surface area (Å²) in [4.78, 5) is 24.0. The van der Waals surface area contributed by atoms with Crippen LogP contribution in [0.25, 0.3) is 0 Å². The van der Waals surface area contributed by atoms with Crippen molar-refractivity contribution in [1.82, 2.24) is 5.32 Å². The van der Waals surface area contributed by atoms with Crippen molar-refractivity contribution >= 4 is 11.7 Å². The predicted octanol–water partition coefficient (Wildman–Crippen LogP) is 2.69. The quantitative estimate of drug-likeness (QED) is 0.674. The summed E-state index contributed by atoms with van der Waals surface area (Å²) in [6, 6.07) is 17.3. The third-order valence-electron chi connectivity index (χ3n) is 2.84. The van der Waals surface area contributed by atoms with Crippen LogP contribution in [-0.4, -0.2) is 17.7 Å². The van der Waals surface area contributed by atoms with Crippen molar-refractivity contribution in [3.63, 3.8) is 0 Å². The Labute approximate surface area is 112 Å². The number of hydrogen-bond donors (Lipinski definition) is 1. The minimum absolute atomic E-state index is 0.0927. The molecule has 0 radical (unpaired) electrons. The molecule has 0 aromatic heterocycles. The Morgan fingerprint density at radius 2 is 1.42 bits per heavy atom. The molecule has 1 atom stereocenters. The Bertz CT molecular complexity index is 564. The zero-order chi connectivity index (χ0) is 13.7. The van der Waals surface area contributed by atoms with E-state index in [9.17, 15) is 9.59 Å². The van der Waals surface area contributed by atoms with Gasteiger partial charge in [0.2, 0.25) is 0 Å². The maximum absolute atomic E-state index is 12.1. The number of amides is 1. The number of carbonyl (C=O) groups is 2. The lowest BCUT2D eigenvalue weighted by atomic mass is 10.1. The van der Waals surface area contributed by atoms with Crippen LogP contribution in [0.3, 0.4) is 0 Å². The first kappa shape index (κ1) is 13.0. The Hall–Kier alpha value is -2.42. The largest absolute Gasteiger partial charge is 0.342 e. The molecule has 0 aliphatic heterocycles. The molecule has 96 valence electrons. The topological polar surface area (TPSA) is 46.2 Å². The minimum Gasteiger partial charge on any atom is -0.342 e. The molecule has 0 saturated heterocycles. The number of Topliss-reactive ketones (excluding diaryl/α,β-unsaturated/α-hetero) is 1. The van der Waals surface area contributed by atoms with Crippen molar-refractivity contribution in [2.24, 2.45) is 0 Å². The number of carbonyl (C=O) groups excluding carboxylic acids is 2. The van der Waals surface area contributed by atoms with Gasteiger partial charge < -0.3 is 5.32 Å². The summed E-state index contributed by atoms with van der Waals surface area (Å²) in [5.74, 6) is -0.331. The van der Waals surface area contributed by atoms with Gasteiger partial charge in [-0.05, 0) is 19.1 Å². The van der Waals surface area contributed by atoms with E-state index in [1.54, 1.807) is 55.5 Å². The fourth-order valence-corrected chi connectivity index (χ4v) is 1.79. The highest BCUT2D eigenvalue weighted by Gasteiger charge is 2.17. The summed E-state index contributed by atoms with van der Waals surface area (Å²) in [5.41, 5.74) is 1.15. The van der Waals surface area contributed by atoms with E-state index in [4.69, 9.17) is 0 Å². The van der Waals surface area contributed by atoms with Gasteiger partial charge in [-0.15, -0.1) is 0 Å². The molecule has 0 aliphatic rings. The first-order valence-electron chi connectivity index (χ1n) is 6.13. The number of hydrogen-bond acceptors (Lipinski definition) is 2. The zero-order valence-corrected chi connectivity index (χ0v) is 10.7. The average Bonchev–Trinajstić information content (AvgIpc) is 2.48. The van der Waals surface area contributed by atoms with Gasteiger partial charge in [-0.25, -0.2) is 0 Å². The molecular weight excluding hydrogens is 240 g/mol. The Kier molecular flexibility index (Phi) is 4.08. The van der Waals surface area contributed by atoms with Crippen LogP contribution in [0.4, 0.5) is 0 Å². The fraction of sp³-hybridized carbons (Fsp3) is 0.125. The number of rotatable bonds is 4. The lowest BCUT2D eigenvalue weighted by Gasteiger charge is -2.12. The van der Waals surface area contributed by atoms with E-state index in [2.05, 4.69) is 5.32 Å². The van der Waals surface area contributed by atoms with Crippen molar-refractivity contribution < 1.29 is 9.59 Å². The Balaban J connectivity index is 2.04. The van der Waals surface area contributed by atoms with E-state index in [0.29, 0.717) is 11.1 Å². The summed E-state index contributed by atoms with van der Waals surface area (Å²) >= 11 is 0. The zero-order valence-electron chi connectivity index (χ0n) is 10.7. The standard InChI is InChI=1S/C16H15NO2/c1-12(15(18)13-8-4-2-5-9-13)17-16(19)14-10-6-3-7-11-14/h2-12H,1H3,(H,17,19)/i19+2. The second kappa shape index (κ2) is 5.96.